The Morgan fingerprint density at radius 3 is 2.81 bits per heavy atom. The molecule has 1 amide bonds. The number of likely N-dealkylation sites (N-methyl/N-ethyl adjacent to an activating group) is 1. The maximum Gasteiger partial charge on any atom is 0.241 e. The molecule has 0 bridgehead atoms. The molecule has 0 fully saturated rings. The molecule has 1 aromatic rings. The maximum atomic E-state index is 11.3. The Morgan fingerprint density at radius 1 is 1.56 bits per heavy atom. The minimum Gasteiger partial charge on any atom is -0.361 e. The Bertz CT molecular complexity index is 434. The van der Waals surface area contributed by atoms with E-state index in [1.54, 1.807) is 33.2 Å². The van der Waals surface area contributed by atoms with E-state index >= 15 is 0 Å². The second-order valence-electron chi connectivity index (χ2n) is 3.64. The molecule has 0 atom stereocenters. The summed E-state index contributed by atoms with van der Waals surface area (Å²) in [6.45, 7) is 1.98. The van der Waals surface area contributed by atoms with Crippen LogP contribution in [0, 0.1) is 18.3 Å². The number of anilines is 1. The predicted octanol–water partition coefficient (Wildman–Crippen LogP) is 0.762. The molecule has 16 heavy (non-hydrogen) atoms. The smallest absolute Gasteiger partial charge is 0.241 e. The molecule has 1 heterocycles. The van der Waals surface area contributed by atoms with Crippen molar-refractivity contribution in [1.29, 1.82) is 5.26 Å². The van der Waals surface area contributed by atoms with Gasteiger partial charge in [0.15, 0.2) is 0 Å². The predicted molar refractivity (Wildman–Crippen MR) is 60.9 cm³/mol. The van der Waals surface area contributed by atoms with Crippen LogP contribution in [0.1, 0.15) is 11.3 Å². The summed E-state index contributed by atoms with van der Waals surface area (Å²) in [6, 6.07) is 5.36. The Labute approximate surface area is 94.7 Å². The van der Waals surface area contributed by atoms with E-state index in [2.05, 4.69) is 10.3 Å². The molecular weight excluding hydrogens is 204 g/mol. The standard InChI is InChI=1S/C11H14N4O/c1-8-4-9(6-12)5-10(14-8)13-7-11(16)15(2)3/h4-5H,7H2,1-3H3,(H,13,14). The molecule has 84 valence electrons. The molecule has 1 rings (SSSR count). The molecule has 5 heteroatoms. The largest absolute Gasteiger partial charge is 0.361 e. The van der Waals surface area contributed by atoms with Crippen LogP contribution in [0.5, 0.6) is 0 Å². The van der Waals surface area contributed by atoms with Gasteiger partial charge in [0.1, 0.15) is 5.82 Å². The lowest BCUT2D eigenvalue weighted by molar-refractivity contribution is -0.126. The maximum absolute atomic E-state index is 11.3. The van der Waals surface area contributed by atoms with Crippen molar-refractivity contribution >= 4 is 11.7 Å². The first-order chi connectivity index (χ1) is 7.52. The molecule has 0 aliphatic heterocycles. The van der Waals surface area contributed by atoms with Crippen molar-refractivity contribution in [3.63, 3.8) is 0 Å². The second-order valence-corrected chi connectivity index (χ2v) is 3.64. The van der Waals surface area contributed by atoms with Gasteiger partial charge >= 0.3 is 0 Å². The van der Waals surface area contributed by atoms with Crippen molar-refractivity contribution in [1.82, 2.24) is 9.88 Å². The summed E-state index contributed by atoms with van der Waals surface area (Å²) in [7, 11) is 3.38. The fourth-order valence-corrected chi connectivity index (χ4v) is 1.15. The van der Waals surface area contributed by atoms with Crippen LogP contribution >= 0.6 is 0 Å². The number of nitrogens with one attached hydrogen (secondary N) is 1. The number of carbonyl (C=O) groups excluding carboxylic acids is 1. The topological polar surface area (TPSA) is 69.0 Å². The van der Waals surface area contributed by atoms with Crippen LogP contribution in [-0.4, -0.2) is 36.4 Å². The first-order valence-corrected chi connectivity index (χ1v) is 4.85. The number of carbonyl (C=O) groups is 1. The number of hydrogen-bond donors (Lipinski definition) is 1. The van der Waals surface area contributed by atoms with Crippen LogP contribution in [0.3, 0.4) is 0 Å². The first-order valence-electron chi connectivity index (χ1n) is 4.85. The van der Waals surface area contributed by atoms with Crippen molar-refractivity contribution in [3.05, 3.63) is 23.4 Å². The third-order valence-corrected chi connectivity index (χ3v) is 2.00. The molecule has 0 unspecified atom stereocenters. The third-order valence-electron chi connectivity index (χ3n) is 2.00. The molecule has 0 saturated heterocycles. The van der Waals surface area contributed by atoms with Gasteiger partial charge < -0.3 is 10.2 Å². The monoisotopic (exact) mass is 218 g/mol. The summed E-state index contributed by atoms with van der Waals surface area (Å²) in [5.41, 5.74) is 1.28. The number of aryl methyl sites for hydroxylation is 1. The molecule has 0 aliphatic rings. The molecule has 0 aromatic carbocycles. The van der Waals surface area contributed by atoms with E-state index in [1.165, 1.54) is 4.90 Å². The van der Waals surface area contributed by atoms with E-state index in [4.69, 9.17) is 5.26 Å². The van der Waals surface area contributed by atoms with Crippen LogP contribution in [-0.2, 0) is 4.79 Å². The average Bonchev–Trinajstić information content (AvgIpc) is 2.24. The lowest BCUT2D eigenvalue weighted by Crippen LogP contribution is -2.28. The zero-order chi connectivity index (χ0) is 12.1. The van der Waals surface area contributed by atoms with Gasteiger partial charge in [-0.1, -0.05) is 0 Å². The zero-order valence-electron chi connectivity index (χ0n) is 9.61. The number of hydrogen-bond acceptors (Lipinski definition) is 4. The van der Waals surface area contributed by atoms with Crippen molar-refractivity contribution in [3.8, 4) is 6.07 Å². The molecule has 0 saturated carbocycles. The van der Waals surface area contributed by atoms with Gasteiger partial charge in [-0.05, 0) is 19.1 Å². The number of pyridine rings is 1. The van der Waals surface area contributed by atoms with E-state index in [-0.39, 0.29) is 12.5 Å². The number of nitrogens with zero attached hydrogens (tertiary/aromatic N) is 3. The Morgan fingerprint density at radius 2 is 2.25 bits per heavy atom. The summed E-state index contributed by atoms with van der Waals surface area (Å²) < 4.78 is 0. The number of amides is 1. The number of rotatable bonds is 3. The highest BCUT2D eigenvalue weighted by Gasteiger charge is 2.04. The highest BCUT2D eigenvalue weighted by Crippen LogP contribution is 2.08. The van der Waals surface area contributed by atoms with E-state index < -0.39 is 0 Å². The van der Waals surface area contributed by atoms with Gasteiger partial charge in [-0.2, -0.15) is 5.26 Å². The van der Waals surface area contributed by atoms with Crippen LogP contribution in [0.2, 0.25) is 0 Å². The van der Waals surface area contributed by atoms with E-state index in [0.29, 0.717) is 11.4 Å². The van der Waals surface area contributed by atoms with E-state index in [9.17, 15) is 4.79 Å². The van der Waals surface area contributed by atoms with Crippen molar-refractivity contribution in [2.45, 2.75) is 6.92 Å². The van der Waals surface area contributed by atoms with Gasteiger partial charge in [0.05, 0.1) is 18.2 Å². The molecule has 0 spiro atoms. The number of aromatic nitrogens is 1. The average molecular weight is 218 g/mol. The number of nitriles is 1. The van der Waals surface area contributed by atoms with Crippen molar-refractivity contribution < 1.29 is 4.79 Å². The zero-order valence-corrected chi connectivity index (χ0v) is 9.61. The van der Waals surface area contributed by atoms with Gasteiger partial charge in [-0.3, -0.25) is 4.79 Å². The fourth-order valence-electron chi connectivity index (χ4n) is 1.15. The first kappa shape index (κ1) is 12.0. The normalized spacial score (nSPS) is 9.38. The summed E-state index contributed by atoms with van der Waals surface area (Å²) in [5, 5.41) is 11.7. The Balaban J connectivity index is 2.71. The Hall–Kier alpha value is -2.09. The van der Waals surface area contributed by atoms with Crippen LogP contribution in [0.4, 0.5) is 5.82 Å². The highest BCUT2D eigenvalue weighted by atomic mass is 16.2. The van der Waals surface area contributed by atoms with Crippen molar-refractivity contribution in [2.24, 2.45) is 0 Å². The van der Waals surface area contributed by atoms with Gasteiger partial charge in [-0.15, -0.1) is 0 Å². The summed E-state index contributed by atoms with van der Waals surface area (Å²) in [6.07, 6.45) is 0. The fraction of sp³-hybridized carbons (Fsp3) is 0.364. The molecular formula is C11H14N4O. The van der Waals surface area contributed by atoms with Crippen molar-refractivity contribution in [2.75, 3.05) is 26.0 Å². The third kappa shape index (κ3) is 3.24. The summed E-state index contributed by atoms with van der Waals surface area (Å²) in [5.74, 6) is 0.508. The van der Waals surface area contributed by atoms with Gasteiger partial charge in [0.2, 0.25) is 5.91 Å². The molecule has 5 nitrogen and oxygen atoms in total. The summed E-state index contributed by atoms with van der Waals surface area (Å²) in [4.78, 5) is 17.0. The molecule has 1 N–H and O–H groups in total. The molecule has 1 aromatic heterocycles. The summed E-state index contributed by atoms with van der Waals surface area (Å²) >= 11 is 0. The molecule has 0 radical (unpaired) electrons. The quantitative estimate of drug-likeness (QED) is 0.813. The second kappa shape index (κ2) is 5.12. The van der Waals surface area contributed by atoms with Gasteiger partial charge in [0, 0.05) is 19.8 Å². The van der Waals surface area contributed by atoms with E-state index in [1.807, 2.05) is 6.07 Å². The lowest BCUT2D eigenvalue weighted by Gasteiger charge is -2.11. The van der Waals surface area contributed by atoms with Gasteiger partial charge in [0.25, 0.3) is 0 Å². The van der Waals surface area contributed by atoms with Gasteiger partial charge in [-0.25, -0.2) is 4.98 Å². The van der Waals surface area contributed by atoms with Crippen LogP contribution in [0.15, 0.2) is 12.1 Å². The Kier molecular flexibility index (Phi) is 3.84. The van der Waals surface area contributed by atoms with Crippen LogP contribution < -0.4 is 5.32 Å². The lowest BCUT2D eigenvalue weighted by atomic mass is 10.2. The molecule has 0 aliphatic carbocycles. The highest BCUT2D eigenvalue weighted by molar-refractivity contribution is 5.80. The minimum absolute atomic E-state index is 0.0400. The SMILES string of the molecule is Cc1cc(C#N)cc(NCC(=O)N(C)C)n1. The van der Waals surface area contributed by atoms with E-state index in [0.717, 1.165) is 5.69 Å². The minimum atomic E-state index is -0.0400. The van der Waals surface area contributed by atoms with Crippen LogP contribution in [0.25, 0.3) is 0 Å².